The van der Waals surface area contributed by atoms with Crippen molar-refractivity contribution in [2.75, 3.05) is 11.4 Å². The minimum absolute atomic E-state index is 0.485. The molecule has 3 rings (SSSR count). The fourth-order valence-corrected chi connectivity index (χ4v) is 2.92. The number of fused-ring (bicyclic) bond motifs is 1. The molecular weight excluding hydrogens is 244 g/mol. The van der Waals surface area contributed by atoms with E-state index in [2.05, 4.69) is 19.4 Å². The smallest absolute Gasteiger partial charge is 0.186 e. The van der Waals surface area contributed by atoms with Crippen LogP contribution in [0.1, 0.15) is 11.5 Å². The van der Waals surface area contributed by atoms with Gasteiger partial charge < -0.3 is 9.47 Å². The molecule has 0 unspecified atom stereocenters. The van der Waals surface area contributed by atoms with Gasteiger partial charge in [0.05, 0.1) is 18.1 Å². The van der Waals surface area contributed by atoms with E-state index in [1.807, 2.05) is 17.8 Å². The lowest BCUT2D eigenvalue weighted by atomic mass is 10.4. The SMILES string of the molecule is ClCc1csc(N2CCn3ccnc3C2)n1. The van der Waals surface area contributed by atoms with E-state index in [0.717, 1.165) is 36.3 Å². The van der Waals surface area contributed by atoms with Crippen LogP contribution in [0.15, 0.2) is 17.8 Å². The summed E-state index contributed by atoms with van der Waals surface area (Å²) in [7, 11) is 0. The van der Waals surface area contributed by atoms with Gasteiger partial charge in [-0.1, -0.05) is 0 Å². The first-order valence-corrected chi connectivity index (χ1v) is 6.53. The zero-order valence-electron chi connectivity index (χ0n) is 8.64. The van der Waals surface area contributed by atoms with Gasteiger partial charge in [-0.2, -0.15) is 0 Å². The summed E-state index contributed by atoms with van der Waals surface area (Å²) in [4.78, 5) is 11.1. The molecule has 16 heavy (non-hydrogen) atoms. The normalized spacial score (nSPS) is 15.2. The minimum Gasteiger partial charge on any atom is -0.339 e. The largest absolute Gasteiger partial charge is 0.339 e. The molecule has 1 aliphatic rings. The van der Waals surface area contributed by atoms with Crippen molar-refractivity contribution in [3.63, 3.8) is 0 Å². The van der Waals surface area contributed by atoms with Crippen LogP contribution < -0.4 is 4.90 Å². The van der Waals surface area contributed by atoms with Crippen molar-refractivity contribution in [3.05, 3.63) is 29.3 Å². The van der Waals surface area contributed by atoms with Crippen molar-refractivity contribution in [2.24, 2.45) is 0 Å². The lowest BCUT2D eigenvalue weighted by Crippen LogP contribution is -2.33. The number of rotatable bonds is 2. The number of alkyl halides is 1. The van der Waals surface area contributed by atoms with Gasteiger partial charge in [-0.3, -0.25) is 0 Å². The molecule has 0 atom stereocenters. The molecule has 0 N–H and O–H groups in total. The Bertz CT molecular complexity index is 492. The zero-order chi connectivity index (χ0) is 11.0. The molecule has 84 valence electrons. The van der Waals surface area contributed by atoms with Crippen LogP contribution in [0.3, 0.4) is 0 Å². The molecule has 0 spiro atoms. The van der Waals surface area contributed by atoms with E-state index in [1.165, 1.54) is 0 Å². The number of anilines is 1. The lowest BCUT2D eigenvalue weighted by Gasteiger charge is -2.27. The minimum atomic E-state index is 0.485. The quantitative estimate of drug-likeness (QED) is 0.770. The Labute approximate surface area is 103 Å². The van der Waals surface area contributed by atoms with Crippen LogP contribution in [-0.4, -0.2) is 21.1 Å². The van der Waals surface area contributed by atoms with Gasteiger partial charge in [0.1, 0.15) is 5.82 Å². The molecule has 0 saturated carbocycles. The highest BCUT2D eigenvalue weighted by atomic mass is 35.5. The summed E-state index contributed by atoms with van der Waals surface area (Å²) in [6.45, 7) is 2.80. The molecule has 2 aromatic rings. The Hall–Kier alpha value is -1.07. The van der Waals surface area contributed by atoms with Crippen molar-refractivity contribution in [1.82, 2.24) is 14.5 Å². The van der Waals surface area contributed by atoms with Crippen molar-refractivity contribution in [2.45, 2.75) is 19.0 Å². The van der Waals surface area contributed by atoms with E-state index in [9.17, 15) is 0 Å². The number of hydrogen-bond acceptors (Lipinski definition) is 4. The van der Waals surface area contributed by atoms with Gasteiger partial charge in [-0.15, -0.1) is 22.9 Å². The highest BCUT2D eigenvalue weighted by Gasteiger charge is 2.18. The second kappa shape index (κ2) is 4.07. The maximum Gasteiger partial charge on any atom is 0.186 e. The van der Waals surface area contributed by atoms with Gasteiger partial charge in [-0.05, 0) is 0 Å². The average Bonchev–Trinajstić information content (AvgIpc) is 2.96. The fourth-order valence-electron chi connectivity index (χ4n) is 1.84. The Morgan fingerprint density at radius 2 is 2.38 bits per heavy atom. The van der Waals surface area contributed by atoms with Crippen LogP contribution in [0.4, 0.5) is 5.13 Å². The third-order valence-electron chi connectivity index (χ3n) is 2.69. The summed E-state index contributed by atoms with van der Waals surface area (Å²) in [5.41, 5.74) is 0.954. The maximum absolute atomic E-state index is 5.75. The first kappa shape index (κ1) is 10.1. The van der Waals surface area contributed by atoms with Crippen LogP contribution in [0.5, 0.6) is 0 Å². The molecule has 0 fully saturated rings. The van der Waals surface area contributed by atoms with Gasteiger partial charge >= 0.3 is 0 Å². The van der Waals surface area contributed by atoms with Crippen LogP contribution in [-0.2, 0) is 19.0 Å². The fraction of sp³-hybridized carbons (Fsp3) is 0.400. The zero-order valence-corrected chi connectivity index (χ0v) is 10.2. The number of nitrogens with zero attached hydrogens (tertiary/aromatic N) is 4. The summed E-state index contributed by atoms with van der Waals surface area (Å²) >= 11 is 7.40. The predicted octanol–water partition coefficient (Wildman–Crippen LogP) is 2.10. The van der Waals surface area contributed by atoms with Gasteiger partial charge in [0.2, 0.25) is 0 Å². The Kier molecular flexibility index (Phi) is 2.57. The Morgan fingerprint density at radius 3 is 3.19 bits per heavy atom. The Morgan fingerprint density at radius 1 is 1.44 bits per heavy atom. The van der Waals surface area contributed by atoms with E-state index in [-0.39, 0.29) is 0 Å². The van der Waals surface area contributed by atoms with E-state index in [0.29, 0.717) is 5.88 Å². The molecule has 0 bridgehead atoms. The maximum atomic E-state index is 5.75. The van der Waals surface area contributed by atoms with Crippen LogP contribution in [0.25, 0.3) is 0 Å². The molecule has 0 amide bonds. The van der Waals surface area contributed by atoms with Crippen LogP contribution in [0.2, 0.25) is 0 Å². The van der Waals surface area contributed by atoms with E-state index < -0.39 is 0 Å². The molecule has 0 aliphatic carbocycles. The second-order valence-electron chi connectivity index (χ2n) is 3.71. The predicted molar refractivity (Wildman–Crippen MR) is 64.9 cm³/mol. The van der Waals surface area contributed by atoms with E-state index in [4.69, 9.17) is 11.6 Å². The van der Waals surface area contributed by atoms with Gasteiger partial charge in [0.15, 0.2) is 5.13 Å². The third-order valence-corrected chi connectivity index (χ3v) is 3.92. The van der Waals surface area contributed by atoms with Gasteiger partial charge in [0, 0.05) is 30.9 Å². The highest BCUT2D eigenvalue weighted by Crippen LogP contribution is 2.24. The average molecular weight is 255 g/mol. The molecular formula is C10H11ClN4S. The topological polar surface area (TPSA) is 34.0 Å². The number of thiazole rings is 1. The molecule has 3 heterocycles. The number of imidazole rings is 1. The van der Waals surface area contributed by atoms with E-state index in [1.54, 1.807) is 11.3 Å². The van der Waals surface area contributed by atoms with Crippen LogP contribution >= 0.6 is 22.9 Å². The monoisotopic (exact) mass is 254 g/mol. The summed E-state index contributed by atoms with van der Waals surface area (Å²) in [6.07, 6.45) is 3.88. The second-order valence-corrected chi connectivity index (χ2v) is 4.82. The molecule has 2 aromatic heterocycles. The Balaban J connectivity index is 1.83. The van der Waals surface area contributed by atoms with Crippen molar-refractivity contribution in [1.29, 1.82) is 0 Å². The van der Waals surface area contributed by atoms with Crippen LogP contribution in [0, 0.1) is 0 Å². The van der Waals surface area contributed by atoms with Gasteiger partial charge in [-0.25, -0.2) is 9.97 Å². The third kappa shape index (κ3) is 1.70. The first-order chi connectivity index (χ1) is 7.86. The molecule has 0 aromatic carbocycles. The summed E-state index contributed by atoms with van der Waals surface area (Å²) in [5, 5.41) is 3.06. The molecule has 0 radical (unpaired) electrons. The number of halogens is 1. The standard InChI is InChI=1S/C10H11ClN4S/c11-5-8-7-16-10(13-8)15-4-3-14-2-1-12-9(14)6-15/h1-2,7H,3-6H2. The van der Waals surface area contributed by atoms with E-state index >= 15 is 0 Å². The summed E-state index contributed by atoms with van der Waals surface area (Å²) < 4.78 is 2.19. The van der Waals surface area contributed by atoms with Crippen molar-refractivity contribution in [3.8, 4) is 0 Å². The summed E-state index contributed by atoms with van der Waals surface area (Å²) in [5.74, 6) is 1.59. The molecule has 6 heteroatoms. The van der Waals surface area contributed by atoms with Crippen molar-refractivity contribution < 1.29 is 0 Å². The number of hydrogen-bond donors (Lipinski definition) is 0. The number of aromatic nitrogens is 3. The highest BCUT2D eigenvalue weighted by molar-refractivity contribution is 7.13. The first-order valence-electron chi connectivity index (χ1n) is 5.12. The van der Waals surface area contributed by atoms with Crippen molar-refractivity contribution >= 4 is 28.1 Å². The summed E-state index contributed by atoms with van der Waals surface area (Å²) in [6, 6.07) is 0. The van der Waals surface area contributed by atoms with Gasteiger partial charge in [0.25, 0.3) is 0 Å². The molecule has 1 aliphatic heterocycles. The molecule has 0 saturated heterocycles. The lowest BCUT2D eigenvalue weighted by molar-refractivity contribution is 0.559. The molecule has 4 nitrogen and oxygen atoms in total.